The maximum Gasteiger partial charge on any atom is 0.305 e. The molecule has 1 aromatic heterocycles. The van der Waals surface area contributed by atoms with Crippen LogP contribution in [0.4, 0.5) is 5.82 Å². The molecule has 4 N–H and O–H groups in total. The van der Waals surface area contributed by atoms with Crippen LogP contribution in [0.25, 0.3) is 0 Å². The summed E-state index contributed by atoms with van der Waals surface area (Å²) in [5.41, 5.74) is 5.11. The molecule has 0 aliphatic carbocycles. The maximum absolute atomic E-state index is 10.8. The lowest BCUT2D eigenvalue weighted by Crippen LogP contribution is -2.29. The number of nitrogens with zero attached hydrogens (tertiary/aromatic N) is 2. The first kappa shape index (κ1) is 13.9. The second-order valence-corrected chi connectivity index (χ2v) is 4.26. The van der Waals surface area contributed by atoms with Crippen molar-refractivity contribution >= 4 is 17.7 Å². The Morgan fingerprint density at radius 1 is 1.39 bits per heavy atom. The van der Waals surface area contributed by atoms with Gasteiger partial charge in [0.15, 0.2) is 5.69 Å². The SMILES string of the molecule is CC(C)C(CC(=O)O)Nc1ccc(C(N)=O)nn1. The third-order valence-corrected chi connectivity index (χ3v) is 2.45. The number of amides is 1. The zero-order valence-corrected chi connectivity index (χ0v) is 10.3. The molecule has 1 unspecified atom stereocenters. The minimum absolute atomic E-state index is 0.0169. The number of aromatic nitrogens is 2. The van der Waals surface area contributed by atoms with Crippen molar-refractivity contribution in [3.8, 4) is 0 Å². The lowest BCUT2D eigenvalue weighted by molar-refractivity contribution is -0.137. The highest BCUT2D eigenvalue weighted by atomic mass is 16.4. The Hall–Kier alpha value is -2.18. The van der Waals surface area contributed by atoms with Gasteiger partial charge >= 0.3 is 5.97 Å². The van der Waals surface area contributed by atoms with Crippen molar-refractivity contribution in [1.82, 2.24) is 10.2 Å². The summed E-state index contributed by atoms with van der Waals surface area (Å²) in [5.74, 6) is -0.999. The van der Waals surface area contributed by atoms with Crippen LogP contribution in [0, 0.1) is 5.92 Å². The van der Waals surface area contributed by atoms with Crippen LogP contribution in [0.15, 0.2) is 12.1 Å². The topological polar surface area (TPSA) is 118 Å². The van der Waals surface area contributed by atoms with Crippen LogP contribution >= 0.6 is 0 Å². The summed E-state index contributed by atoms with van der Waals surface area (Å²) in [4.78, 5) is 21.5. The first-order chi connectivity index (χ1) is 8.40. The van der Waals surface area contributed by atoms with E-state index in [2.05, 4.69) is 15.5 Å². The van der Waals surface area contributed by atoms with Crippen LogP contribution in [0.5, 0.6) is 0 Å². The molecule has 0 aliphatic rings. The zero-order chi connectivity index (χ0) is 13.7. The Bertz CT molecular complexity index is 430. The molecule has 0 aromatic carbocycles. The van der Waals surface area contributed by atoms with Gasteiger partial charge in [-0.2, -0.15) is 0 Å². The first-order valence-electron chi connectivity index (χ1n) is 5.52. The fourth-order valence-electron chi connectivity index (χ4n) is 1.37. The van der Waals surface area contributed by atoms with Crippen LogP contribution in [-0.4, -0.2) is 33.2 Å². The van der Waals surface area contributed by atoms with Crippen LogP contribution in [0.1, 0.15) is 30.8 Å². The van der Waals surface area contributed by atoms with Gasteiger partial charge in [0.25, 0.3) is 5.91 Å². The number of primary amides is 1. The number of carbonyl (C=O) groups excluding carboxylic acids is 1. The largest absolute Gasteiger partial charge is 0.481 e. The minimum atomic E-state index is -0.886. The zero-order valence-electron chi connectivity index (χ0n) is 10.3. The smallest absolute Gasteiger partial charge is 0.305 e. The van der Waals surface area contributed by atoms with Crippen LogP contribution < -0.4 is 11.1 Å². The number of nitrogens with one attached hydrogen (secondary N) is 1. The lowest BCUT2D eigenvalue weighted by Gasteiger charge is -2.20. The van der Waals surface area contributed by atoms with Crippen molar-refractivity contribution in [1.29, 1.82) is 0 Å². The van der Waals surface area contributed by atoms with Crippen molar-refractivity contribution < 1.29 is 14.7 Å². The van der Waals surface area contributed by atoms with Crippen molar-refractivity contribution in [2.24, 2.45) is 11.7 Å². The molecule has 0 radical (unpaired) electrons. The molecule has 7 heteroatoms. The van der Waals surface area contributed by atoms with E-state index in [1.807, 2.05) is 13.8 Å². The van der Waals surface area contributed by atoms with Gasteiger partial charge in [-0.15, -0.1) is 10.2 Å². The van der Waals surface area contributed by atoms with Gasteiger partial charge in [0, 0.05) is 6.04 Å². The Morgan fingerprint density at radius 3 is 2.44 bits per heavy atom. The molecule has 1 amide bonds. The van der Waals surface area contributed by atoms with Crippen molar-refractivity contribution in [3.63, 3.8) is 0 Å². The Balaban J connectivity index is 2.74. The van der Waals surface area contributed by atoms with E-state index >= 15 is 0 Å². The molecule has 0 bridgehead atoms. The number of carboxylic acid groups (broad SMARTS) is 1. The first-order valence-corrected chi connectivity index (χ1v) is 5.52. The summed E-state index contributed by atoms with van der Waals surface area (Å²) in [7, 11) is 0. The van der Waals surface area contributed by atoms with E-state index in [4.69, 9.17) is 10.8 Å². The number of hydrogen-bond donors (Lipinski definition) is 3. The van der Waals surface area contributed by atoms with Crippen molar-refractivity contribution in [2.75, 3.05) is 5.32 Å². The molecule has 0 fully saturated rings. The summed E-state index contributed by atoms with van der Waals surface area (Å²) in [5, 5.41) is 19.2. The Morgan fingerprint density at radius 2 is 2.06 bits per heavy atom. The number of aliphatic carboxylic acids is 1. The number of rotatable bonds is 6. The fraction of sp³-hybridized carbons (Fsp3) is 0.455. The van der Waals surface area contributed by atoms with Crippen LogP contribution in [0.2, 0.25) is 0 Å². The van der Waals surface area contributed by atoms with Gasteiger partial charge in [0.1, 0.15) is 5.82 Å². The predicted molar refractivity (Wildman–Crippen MR) is 65.1 cm³/mol. The fourth-order valence-corrected chi connectivity index (χ4v) is 1.37. The van der Waals surface area contributed by atoms with E-state index in [1.165, 1.54) is 6.07 Å². The van der Waals surface area contributed by atoms with Gasteiger partial charge in [0.05, 0.1) is 6.42 Å². The molecule has 7 nitrogen and oxygen atoms in total. The van der Waals surface area contributed by atoms with Crippen molar-refractivity contribution in [3.05, 3.63) is 17.8 Å². The summed E-state index contributed by atoms with van der Waals surface area (Å²) >= 11 is 0. The molecule has 0 aliphatic heterocycles. The number of anilines is 1. The summed E-state index contributed by atoms with van der Waals surface area (Å²) in [6.07, 6.45) is -0.0169. The standard InChI is InChI=1S/C11H16N4O3/c1-6(2)8(5-10(16)17)13-9-4-3-7(11(12)18)14-15-9/h3-4,6,8H,5H2,1-2H3,(H2,12,18)(H,13,15)(H,16,17). The van der Waals surface area contributed by atoms with Crippen LogP contribution in [0.3, 0.4) is 0 Å². The molecule has 98 valence electrons. The van der Waals surface area contributed by atoms with E-state index in [9.17, 15) is 9.59 Å². The molecule has 1 rings (SSSR count). The quantitative estimate of drug-likeness (QED) is 0.678. The molecule has 18 heavy (non-hydrogen) atoms. The maximum atomic E-state index is 10.8. The highest BCUT2D eigenvalue weighted by Gasteiger charge is 2.17. The van der Waals surface area contributed by atoms with Gasteiger partial charge in [0.2, 0.25) is 0 Å². The number of carboxylic acids is 1. The van der Waals surface area contributed by atoms with E-state index in [1.54, 1.807) is 6.07 Å². The summed E-state index contributed by atoms with van der Waals surface area (Å²) in [6.45, 7) is 3.82. The second-order valence-electron chi connectivity index (χ2n) is 4.26. The van der Waals surface area contributed by atoms with Gasteiger partial charge in [-0.25, -0.2) is 0 Å². The number of hydrogen-bond acceptors (Lipinski definition) is 5. The van der Waals surface area contributed by atoms with Gasteiger partial charge < -0.3 is 16.2 Å². The lowest BCUT2D eigenvalue weighted by atomic mass is 10.0. The monoisotopic (exact) mass is 252 g/mol. The Labute approximate surface area is 104 Å². The molecule has 1 heterocycles. The summed E-state index contributed by atoms with van der Waals surface area (Å²) < 4.78 is 0. The molecule has 0 saturated heterocycles. The number of nitrogens with two attached hydrogens (primary N) is 1. The van der Waals surface area contributed by atoms with E-state index in [-0.39, 0.29) is 24.1 Å². The average Bonchev–Trinajstić information content (AvgIpc) is 2.28. The molecule has 0 spiro atoms. The normalized spacial score (nSPS) is 12.2. The van der Waals surface area contributed by atoms with Gasteiger partial charge in [-0.3, -0.25) is 9.59 Å². The highest BCUT2D eigenvalue weighted by molar-refractivity contribution is 5.90. The predicted octanol–water partition coefficient (Wildman–Crippen LogP) is 0.487. The van der Waals surface area contributed by atoms with E-state index < -0.39 is 11.9 Å². The van der Waals surface area contributed by atoms with E-state index in [0.717, 1.165) is 0 Å². The van der Waals surface area contributed by atoms with E-state index in [0.29, 0.717) is 5.82 Å². The molecular weight excluding hydrogens is 236 g/mol. The molecular formula is C11H16N4O3. The highest BCUT2D eigenvalue weighted by Crippen LogP contribution is 2.13. The number of carbonyl (C=O) groups is 2. The molecule has 0 saturated carbocycles. The third-order valence-electron chi connectivity index (χ3n) is 2.45. The third kappa shape index (κ3) is 4.00. The van der Waals surface area contributed by atoms with Gasteiger partial charge in [-0.1, -0.05) is 13.8 Å². The van der Waals surface area contributed by atoms with Gasteiger partial charge in [-0.05, 0) is 18.1 Å². The summed E-state index contributed by atoms with van der Waals surface area (Å²) in [6, 6.07) is 2.73. The Kier molecular flexibility index (Phi) is 4.59. The van der Waals surface area contributed by atoms with Crippen LogP contribution in [-0.2, 0) is 4.79 Å². The minimum Gasteiger partial charge on any atom is -0.481 e. The molecule has 1 aromatic rings. The second kappa shape index (κ2) is 5.95. The average molecular weight is 252 g/mol. The molecule has 1 atom stereocenters. The van der Waals surface area contributed by atoms with Crippen molar-refractivity contribution in [2.45, 2.75) is 26.3 Å².